The van der Waals surface area contributed by atoms with Crippen molar-refractivity contribution < 1.29 is 13.7 Å². The molecule has 2 heterocycles. The summed E-state index contributed by atoms with van der Waals surface area (Å²) in [5.74, 6) is 1.29. The molecule has 1 N–H and O–H groups in total. The van der Waals surface area contributed by atoms with Crippen LogP contribution in [0.4, 0.5) is 4.39 Å². The Kier molecular flexibility index (Phi) is 6.29. The van der Waals surface area contributed by atoms with Gasteiger partial charge in [-0.1, -0.05) is 59.8 Å². The van der Waals surface area contributed by atoms with Gasteiger partial charge >= 0.3 is 0 Å². The Bertz CT molecular complexity index is 1390. The fourth-order valence-electron chi connectivity index (χ4n) is 4.14. The Hall–Kier alpha value is -4.04. The lowest BCUT2D eigenvalue weighted by atomic mass is 9.94. The molecule has 35 heavy (non-hydrogen) atoms. The van der Waals surface area contributed by atoms with Crippen LogP contribution in [0.2, 0.25) is 0 Å². The van der Waals surface area contributed by atoms with Crippen molar-refractivity contribution in [1.29, 1.82) is 0 Å². The number of ether oxygens (including phenoxy) is 1. The van der Waals surface area contributed by atoms with E-state index in [-0.39, 0.29) is 5.82 Å². The average Bonchev–Trinajstić information content (AvgIpc) is 3.37. The molecule has 6 nitrogen and oxygen atoms in total. The summed E-state index contributed by atoms with van der Waals surface area (Å²) >= 11 is 5.74. The second-order valence-electron chi connectivity index (χ2n) is 8.16. The summed E-state index contributed by atoms with van der Waals surface area (Å²) in [5.41, 5.74) is 4.20. The van der Waals surface area contributed by atoms with Crippen LogP contribution in [0, 0.1) is 5.82 Å². The number of hydrogen-bond acceptors (Lipinski definition) is 5. The van der Waals surface area contributed by atoms with Crippen molar-refractivity contribution in [3.05, 3.63) is 107 Å². The quantitative estimate of drug-likeness (QED) is 0.348. The van der Waals surface area contributed by atoms with Crippen LogP contribution in [0.5, 0.6) is 5.75 Å². The van der Waals surface area contributed by atoms with Crippen LogP contribution in [0.3, 0.4) is 0 Å². The van der Waals surface area contributed by atoms with E-state index in [2.05, 4.69) is 15.5 Å². The molecule has 0 saturated carbocycles. The molecule has 1 aliphatic heterocycles. The predicted octanol–water partition coefficient (Wildman–Crippen LogP) is 5.75. The minimum Gasteiger partial charge on any atom is -0.497 e. The zero-order valence-corrected chi connectivity index (χ0v) is 20.1. The summed E-state index contributed by atoms with van der Waals surface area (Å²) in [7, 11) is 1.64. The second-order valence-corrected chi connectivity index (χ2v) is 8.55. The van der Waals surface area contributed by atoms with Gasteiger partial charge in [0, 0.05) is 17.8 Å². The van der Waals surface area contributed by atoms with E-state index >= 15 is 0 Å². The minimum atomic E-state index is -0.450. The van der Waals surface area contributed by atoms with Crippen LogP contribution >= 0.6 is 12.2 Å². The summed E-state index contributed by atoms with van der Waals surface area (Å²) in [6, 6.07) is 23.4. The van der Waals surface area contributed by atoms with Crippen molar-refractivity contribution in [2.75, 3.05) is 7.11 Å². The fourth-order valence-corrected chi connectivity index (χ4v) is 4.46. The molecule has 4 aromatic rings. The van der Waals surface area contributed by atoms with Crippen molar-refractivity contribution in [2.45, 2.75) is 19.5 Å². The Morgan fingerprint density at radius 2 is 1.83 bits per heavy atom. The first kappa shape index (κ1) is 22.7. The van der Waals surface area contributed by atoms with Gasteiger partial charge in [-0.25, -0.2) is 4.39 Å². The van der Waals surface area contributed by atoms with Crippen LogP contribution in [0.1, 0.15) is 30.0 Å². The van der Waals surface area contributed by atoms with E-state index in [9.17, 15) is 4.39 Å². The maximum absolute atomic E-state index is 14.1. The molecule has 176 valence electrons. The van der Waals surface area contributed by atoms with E-state index in [1.54, 1.807) is 13.2 Å². The Balaban J connectivity index is 1.58. The SMILES string of the molecule is COc1ccc(CN2C(=S)NC(c3cccc(F)c3)C(c3nc(-c4ccccc4)no3)=C2C)cc1. The van der Waals surface area contributed by atoms with E-state index in [0.717, 1.165) is 28.1 Å². The van der Waals surface area contributed by atoms with Gasteiger partial charge in [0.05, 0.1) is 18.7 Å². The van der Waals surface area contributed by atoms with Crippen molar-refractivity contribution in [1.82, 2.24) is 20.4 Å². The fraction of sp³-hybridized carbons (Fsp3) is 0.148. The Morgan fingerprint density at radius 1 is 1.06 bits per heavy atom. The molecule has 0 bridgehead atoms. The highest BCUT2D eigenvalue weighted by Gasteiger charge is 2.34. The van der Waals surface area contributed by atoms with Crippen molar-refractivity contribution in [3.63, 3.8) is 0 Å². The van der Waals surface area contributed by atoms with Gasteiger partial charge in [0.2, 0.25) is 5.82 Å². The predicted molar refractivity (Wildman–Crippen MR) is 136 cm³/mol. The number of aromatic nitrogens is 2. The lowest BCUT2D eigenvalue weighted by Gasteiger charge is -2.37. The number of nitrogens with zero attached hydrogens (tertiary/aromatic N) is 3. The molecule has 0 amide bonds. The Labute approximate surface area is 208 Å². The number of benzene rings is 3. The Morgan fingerprint density at radius 3 is 2.54 bits per heavy atom. The lowest BCUT2D eigenvalue weighted by Crippen LogP contribution is -2.45. The van der Waals surface area contributed by atoms with E-state index in [4.69, 9.17) is 21.5 Å². The van der Waals surface area contributed by atoms with Crippen LogP contribution in [0.15, 0.2) is 89.1 Å². The van der Waals surface area contributed by atoms with E-state index in [0.29, 0.717) is 28.9 Å². The van der Waals surface area contributed by atoms with Crippen molar-refractivity contribution in [3.8, 4) is 17.1 Å². The summed E-state index contributed by atoms with van der Waals surface area (Å²) in [4.78, 5) is 6.67. The summed E-state index contributed by atoms with van der Waals surface area (Å²) in [6.45, 7) is 2.49. The van der Waals surface area contributed by atoms with E-state index in [1.165, 1.54) is 12.1 Å². The molecule has 5 rings (SSSR count). The summed E-state index contributed by atoms with van der Waals surface area (Å²) in [6.07, 6.45) is 0. The zero-order valence-electron chi connectivity index (χ0n) is 19.2. The molecule has 0 fully saturated rings. The summed E-state index contributed by atoms with van der Waals surface area (Å²) < 4.78 is 25.2. The van der Waals surface area contributed by atoms with Crippen LogP contribution in [-0.4, -0.2) is 27.3 Å². The van der Waals surface area contributed by atoms with Gasteiger partial charge in [0.1, 0.15) is 11.6 Å². The molecule has 8 heteroatoms. The topological polar surface area (TPSA) is 63.4 Å². The van der Waals surface area contributed by atoms with E-state index < -0.39 is 6.04 Å². The third kappa shape index (κ3) is 4.65. The highest BCUT2D eigenvalue weighted by molar-refractivity contribution is 7.80. The lowest BCUT2D eigenvalue weighted by molar-refractivity contribution is 0.395. The smallest absolute Gasteiger partial charge is 0.258 e. The van der Waals surface area contributed by atoms with Gasteiger partial charge in [-0.15, -0.1) is 0 Å². The van der Waals surface area contributed by atoms with Crippen molar-refractivity contribution in [2.24, 2.45) is 0 Å². The third-order valence-electron chi connectivity index (χ3n) is 5.97. The second kappa shape index (κ2) is 9.68. The normalized spacial score (nSPS) is 15.8. The van der Waals surface area contributed by atoms with Crippen LogP contribution in [-0.2, 0) is 6.54 Å². The van der Waals surface area contributed by atoms with Gasteiger partial charge in [0.15, 0.2) is 5.11 Å². The summed E-state index contributed by atoms with van der Waals surface area (Å²) in [5, 5.41) is 8.09. The van der Waals surface area contributed by atoms with Gasteiger partial charge < -0.3 is 19.5 Å². The number of methoxy groups -OCH3 is 1. The van der Waals surface area contributed by atoms with Crippen LogP contribution in [0.25, 0.3) is 17.0 Å². The number of halogens is 1. The van der Waals surface area contributed by atoms with Crippen LogP contribution < -0.4 is 10.1 Å². The maximum atomic E-state index is 14.1. The molecule has 1 atom stereocenters. The minimum absolute atomic E-state index is 0.330. The van der Waals surface area contributed by atoms with Crippen molar-refractivity contribution >= 4 is 22.9 Å². The standard InChI is InChI=1S/C27H23FN4O2S/c1-17-23(26-30-25(31-34-26)19-7-4-3-5-8-19)24(20-9-6-10-21(28)15-20)29-27(35)32(17)16-18-11-13-22(33-2)14-12-18/h3-15,24H,16H2,1-2H3,(H,29,35). The number of nitrogens with one attached hydrogen (secondary N) is 1. The molecule has 0 spiro atoms. The highest BCUT2D eigenvalue weighted by Crippen LogP contribution is 2.38. The highest BCUT2D eigenvalue weighted by atomic mass is 32.1. The zero-order chi connectivity index (χ0) is 24.4. The molecular weight excluding hydrogens is 463 g/mol. The maximum Gasteiger partial charge on any atom is 0.258 e. The van der Waals surface area contributed by atoms with Gasteiger partial charge in [0.25, 0.3) is 5.89 Å². The molecule has 1 aliphatic rings. The largest absolute Gasteiger partial charge is 0.497 e. The molecule has 0 aliphatic carbocycles. The molecule has 1 aromatic heterocycles. The number of allylic oxidation sites excluding steroid dienone is 1. The van der Waals surface area contributed by atoms with Gasteiger partial charge in [-0.3, -0.25) is 0 Å². The number of rotatable bonds is 6. The molecular formula is C27H23FN4O2S. The first-order valence-electron chi connectivity index (χ1n) is 11.1. The van der Waals surface area contributed by atoms with Gasteiger partial charge in [-0.2, -0.15) is 4.98 Å². The molecule has 0 radical (unpaired) electrons. The van der Waals surface area contributed by atoms with E-state index in [1.807, 2.05) is 72.5 Å². The first-order valence-corrected chi connectivity index (χ1v) is 11.5. The number of thiocarbonyl (C=S) groups is 1. The molecule has 1 unspecified atom stereocenters. The third-order valence-corrected chi connectivity index (χ3v) is 6.30. The monoisotopic (exact) mass is 486 g/mol. The first-order chi connectivity index (χ1) is 17.0. The van der Waals surface area contributed by atoms with Gasteiger partial charge in [-0.05, 0) is 54.5 Å². The molecule has 0 saturated heterocycles. The number of hydrogen-bond donors (Lipinski definition) is 1. The average molecular weight is 487 g/mol. The molecule has 3 aromatic carbocycles.